The number of benzene rings is 1. The number of hydrogen-bond acceptors (Lipinski definition) is 3. The van der Waals surface area contributed by atoms with Crippen molar-refractivity contribution < 1.29 is 9.59 Å². The summed E-state index contributed by atoms with van der Waals surface area (Å²) >= 11 is 0. The number of likely N-dealkylation sites (tertiary alicyclic amines) is 1. The molecule has 5 nitrogen and oxygen atoms in total. The van der Waals surface area contributed by atoms with E-state index in [1.54, 1.807) is 0 Å². The molecular weight excluding hydrogens is 314 g/mol. The molecule has 2 atom stereocenters. The molecule has 2 amide bonds. The molecule has 138 valence electrons. The maximum Gasteiger partial charge on any atom is 0.251 e. The average Bonchev–Trinajstić information content (AvgIpc) is 2.60. The number of rotatable bonds is 6. The SMILES string of the molecule is CC(C)[C@@H](C(=O)N1CCCC(CNC(=O)c2ccccc2)C1)N(C)C. The quantitative estimate of drug-likeness (QED) is 0.860. The fraction of sp³-hybridized carbons (Fsp3) is 0.600. The third-order valence-electron chi connectivity index (χ3n) is 4.86. The van der Waals surface area contributed by atoms with Crippen LogP contribution in [0.25, 0.3) is 0 Å². The van der Waals surface area contributed by atoms with Crippen molar-refractivity contribution in [1.82, 2.24) is 15.1 Å². The highest BCUT2D eigenvalue weighted by atomic mass is 16.2. The fourth-order valence-electron chi connectivity index (χ4n) is 3.65. The summed E-state index contributed by atoms with van der Waals surface area (Å²) in [6, 6.07) is 9.17. The summed E-state index contributed by atoms with van der Waals surface area (Å²) in [6.07, 6.45) is 2.04. The molecule has 1 aromatic rings. The van der Waals surface area contributed by atoms with Gasteiger partial charge >= 0.3 is 0 Å². The minimum absolute atomic E-state index is 0.0441. The summed E-state index contributed by atoms with van der Waals surface area (Å²) in [5, 5.41) is 3.02. The number of nitrogens with zero attached hydrogens (tertiary/aromatic N) is 2. The van der Waals surface area contributed by atoms with E-state index in [9.17, 15) is 9.59 Å². The highest BCUT2D eigenvalue weighted by Gasteiger charge is 2.31. The molecule has 1 aliphatic heterocycles. The van der Waals surface area contributed by atoms with Gasteiger partial charge in [0.1, 0.15) is 0 Å². The maximum absolute atomic E-state index is 12.9. The van der Waals surface area contributed by atoms with E-state index in [1.165, 1.54) is 0 Å². The van der Waals surface area contributed by atoms with Crippen LogP contribution in [0.4, 0.5) is 0 Å². The largest absolute Gasteiger partial charge is 0.352 e. The Balaban J connectivity index is 1.90. The zero-order valence-corrected chi connectivity index (χ0v) is 15.9. The summed E-state index contributed by atoms with van der Waals surface area (Å²) in [7, 11) is 3.92. The molecule has 0 saturated carbocycles. The number of carbonyl (C=O) groups excluding carboxylic acids is 2. The molecule has 0 bridgehead atoms. The van der Waals surface area contributed by atoms with Crippen LogP contribution < -0.4 is 5.32 Å². The number of nitrogens with one attached hydrogen (secondary N) is 1. The first-order valence-corrected chi connectivity index (χ1v) is 9.18. The Morgan fingerprint density at radius 2 is 1.92 bits per heavy atom. The van der Waals surface area contributed by atoms with E-state index in [-0.39, 0.29) is 23.8 Å². The second-order valence-electron chi connectivity index (χ2n) is 7.52. The van der Waals surface area contributed by atoms with Gasteiger partial charge in [-0.25, -0.2) is 0 Å². The Kier molecular flexibility index (Phi) is 7.00. The monoisotopic (exact) mass is 345 g/mol. The summed E-state index contributed by atoms with van der Waals surface area (Å²) in [5.74, 6) is 0.762. The lowest BCUT2D eigenvalue weighted by Crippen LogP contribution is -2.52. The Morgan fingerprint density at radius 3 is 2.52 bits per heavy atom. The van der Waals surface area contributed by atoms with Gasteiger partial charge in [0.15, 0.2) is 0 Å². The molecule has 1 N–H and O–H groups in total. The highest BCUT2D eigenvalue weighted by Crippen LogP contribution is 2.20. The van der Waals surface area contributed by atoms with Crippen molar-refractivity contribution in [2.75, 3.05) is 33.7 Å². The summed E-state index contributed by atoms with van der Waals surface area (Å²) in [5.41, 5.74) is 0.679. The van der Waals surface area contributed by atoms with Gasteiger partial charge in [0.05, 0.1) is 6.04 Å². The Morgan fingerprint density at radius 1 is 1.24 bits per heavy atom. The van der Waals surface area contributed by atoms with Gasteiger partial charge in [0, 0.05) is 25.2 Å². The van der Waals surface area contributed by atoms with Crippen LogP contribution >= 0.6 is 0 Å². The molecule has 1 unspecified atom stereocenters. The van der Waals surface area contributed by atoms with Gasteiger partial charge in [-0.05, 0) is 50.9 Å². The normalized spacial score (nSPS) is 19.1. The molecule has 0 aliphatic carbocycles. The zero-order valence-electron chi connectivity index (χ0n) is 15.9. The van der Waals surface area contributed by atoms with Gasteiger partial charge in [0.2, 0.25) is 5.91 Å². The van der Waals surface area contributed by atoms with Gasteiger partial charge in [-0.3, -0.25) is 14.5 Å². The number of hydrogen-bond donors (Lipinski definition) is 1. The molecule has 1 fully saturated rings. The number of amides is 2. The van der Waals surface area contributed by atoms with Gasteiger partial charge < -0.3 is 10.2 Å². The molecule has 1 saturated heterocycles. The first-order chi connectivity index (χ1) is 11.9. The number of likely N-dealkylation sites (N-methyl/N-ethyl adjacent to an activating group) is 1. The van der Waals surface area contributed by atoms with Crippen molar-refractivity contribution in [3.8, 4) is 0 Å². The predicted molar refractivity (Wildman–Crippen MR) is 100 cm³/mol. The van der Waals surface area contributed by atoms with E-state index in [2.05, 4.69) is 19.2 Å². The second-order valence-corrected chi connectivity index (χ2v) is 7.52. The fourth-order valence-corrected chi connectivity index (χ4v) is 3.65. The van der Waals surface area contributed by atoms with Crippen molar-refractivity contribution in [3.05, 3.63) is 35.9 Å². The van der Waals surface area contributed by atoms with Crippen LogP contribution in [0.5, 0.6) is 0 Å². The van der Waals surface area contributed by atoms with E-state index >= 15 is 0 Å². The molecular formula is C20H31N3O2. The summed E-state index contributed by atoms with van der Waals surface area (Å²) < 4.78 is 0. The Labute approximate surface area is 151 Å². The van der Waals surface area contributed by atoms with Crippen LogP contribution in [0.3, 0.4) is 0 Å². The van der Waals surface area contributed by atoms with Gasteiger partial charge in [-0.15, -0.1) is 0 Å². The van der Waals surface area contributed by atoms with Crippen molar-refractivity contribution >= 4 is 11.8 Å². The van der Waals surface area contributed by atoms with Crippen molar-refractivity contribution in [3.63, 3.8) is 0 Å². The molecule has 1 heterocycles. The lowest BCUT2D eigenvalue weighted by atomic mass is 9.95. The molecule has 2 rings (SSSR count). The smallest absolute Gasteiger partial charge is 0.251 e. The van der Waals surface area contributed by atoms with E-state index in [1.807, 2.05) is 54.2 Å². The van der Waals surface area contributed by atoms with Crippen LogP contribution in [0.2, 0.25) is 0 Å². The maximum atomic E-state index is 12.9. The van der Waals surface area contributed by atoms with E-state index < -0.39 is 0 Å². The van der Waals surface area contributed by atoms with Crippen LogP contribution in [-0.4, -0.2) is 61.4 Å². The molecule has 25 heavy (non-hydrogen) atoms. The molecule has 0 aromatic heterocycles. The van der Waals surface area contributed by atoms with Gasteiger partial charge in [-0.2, -0.15) is 0 Å². The molecule has 0 radical (unpaired) electrons. The van der Waals surface area contributed by atoms with E-state index in [4.69, 9.17) is 0 Å². The molecule has 0 spiro atoms. The van der Waals surface area contributed by atoms with Gasteiger partial charge in [-0.1, -0.05) is 32.0 Å². The van der Waals surface area contributed by atoms with Crippen molar-refractivity contribution in [2.24, 2.45) is 11.8 Å². The third-order valence-corrected chi connectivity index (χ3v) is 4.86. The predicted octanol–water partition coefficient (Wildman–Crippen LogP) is 2.24. The minimum atomic E-state index is -0.0855. The minimum Gasteiger partial charge on any atom is -0.352 e. The van der Waals surface area contributed by atoms with E-state index in [0.717, 1.165) is 25.9 Å². The summed E-state index contributed by atoms with van der Waals surface area (Å²) in [4.78, 5) is 29.1. The Bertz CT molecular complexity index is 564. The second kappa shape index (κ2) is 8.99. The van der Waals surface area contributed by atoms with Crippen LogP contribution in [0.1, 0.15) is 37.0 Å². The van der Waals surface area contributed by atoms with E-state index in [0.29, 0.717) is 18.0 Å². The Hall–Kier alpha value is -1.88. The lowest BCUT2D eigenvalue weighted by Gasteiger charge is -2.37. The lowest BCUT2D eigenvalue weighted by molar-refractivity contribution is -0.139. The van der Waals surface area contributed by atoms with Crippen molar-refractivity contribution in [2.45, 2.75) is 32.7 Å². The topological polar surface area (TPSA) is 52.7 Å². The van der Waals surface area contributed by atoms with Crippen LogP contribution in [-0.2, 0) is 4.79 Å². The first kappa shape index (κ1) is 19.4. The standard InChI is InChI=1S/C20H31N3O2/c1-15(2)18(22(3)4)20(25)23-12-8-9-16(14-23)13-21-19(24)17-10-6-5-7-11-17/h5-7,10-11,15-16,18H,8-9,12-14H2,1-4H3,(H,21,24)/t16?,18-/m0/s1. The highest BCUT2D eigenvalue weighted by molar-refractivity contribution is 5.94. The zero-order chi connectivity index (χ0) is 18.4. The van der Waals surface area contributed by atoms with Crippen LogP contribution in [0.15, 0.2) is 30.3 Å². The van der Waals surface area contributed by atoms with Crippen molar-refractivity contribution in [1.29, 1.82) is 0 Å². The molecule has 1 aromatic carbocycles. The first-order valence-electron chi connectivity index (χ1n) is 9.18. The summed E-state index contributed by atoms with van der Waals surface area (Å²) in [6.45, 7) is 6.34. The molecule has 1 aliphatic rings. The third kappa shape index (κ3) is 5.30. The van der Waals surface area contributed by atoms with Crippen LogP contribution in [0, 0.1) is 11.8 Å². The number of piperidine rings is 1. The number of carbonyl (C=O) groups is 2. The van der Waals surface area contributed by atoms with Gasteiger partial charge in [0.25, 0.3) is 5.91 Å². The molecule has 5 heteroatoms. The average molecular weight is 345 g/mol.